The molecule has 0 saturated heterocycles. The molecule has 0 unspecified atom stereocenters. The van der Waals surface area contributed by atoms with Gasteiger partial charge in [-0.3, -0.25) is 4.79 Å². The van der Waals surface area contributed by atoms with E-state index >= 15 is 0 Å². The van der Waals surface area contributed by atoms with Crippen LogP contribution in [0.25, 0.3) is 0 Å². The summed E-state index contributed by atoms with van der Waals surface area (Å²) in [6.45, 7) is 2.70. The van der Waals surface area contributed by atoms with Gasteiger partial charge in [0.25, 0.3) is 0 Å². The number of carbonyl (C=O) groups is 1. The number of amides is 1. The van der Waals surface area contributed by atoms with Crippen molar-refractivity contribution in [3.05, 3.63) is 78.1 Å². The minimum atomic E-state index is -0.427. The SMILES string of the molecule is C[C@@H](C(=O)NCCc1ccccc1)n1cc(COc2ccccc2)nn1. The number of nitrogens with one attached hydrogen (secondary N) is 1. The lowest BCUT2D eigenvalue weighted by molar-refractivity contribution is -0.124. The molecule has 1 heterocycles. The quantitative estimate of drug-likeness (QED) is 0.678. The van der Waals surface area contributed by atoms with Gasteiger partial charge < -0.3 is 10.1 Å². The predicted molar refractivity (Wildman–Crippen MR) is 98.7 cm³/mol. The molecule has 2 aromatic carbocycles. The first-order chi connectivity index (χ1) is 12.7. The minimum Gasteiger partial charge on any atom is -0.487 e. The Morgan fingerprint density at radius 1 is 1.12 bits per heavy atom. The fourth-order valence-corrected chi connectivity index (χ4v) is 2.49. The van der Waals surface area contributed by atoms with Crippen molar-refractivity contribution in [2.45, 2.75) is 26.0 Å². The molecule has 0 aliphatic rings. The van der Waals surface area contributed by atoms with Crippen molar-refractivity contribution < 1.29 is 9.53 Å². The largest absolute Gasteiger partial charge is 0.487 e. The van der Waals surface area contributed by atoms with Gasteiger partial charge in [0.1, 0.15) is 24.1 Å². The molecule has 0 aliphatic carbocycles. The normalized spacial score (nSPS) is 11.7. The molecular formula is C20H22N4O2. The second kappa shape index (κ2) is 8.80. The van der Waals surface area contributed by atoms with E-state index in [1.165, 1.54) is 5.56 Å². The van der Waals surface area contributed by atoms with Gasteiger partial charge in [-0.05, 0) is 31.0 Å². The van der Waals surface area contributed by atoms with Crippen molar-refractivity contribution in [1.82, 2.24) is 20.3 Å². The highest BCUT2D eigenvalue weighted by atomic mass is 16.5. The molecule has 0 radical (unpaired) electrons. The van der Waals surface area contributed by atoms with Gasteiger partial charge in [0, 0.05) is 6.54 Å². The summed E-state index contributed by atoms with van der Waals surface area (Å²) in [4.78, 5) is 12.3. The summed E-state index contributed by atoms with van der Waals surface area (Å²) < 4.78 is 7.20. The van der Waals surface area contributed by atoms with Crippen LogP contribution in [0.4, 0.5) is 0 Å². The van der Waals surface area contributed by atoms with E-state index in [4.69, 9.17) is 4.74 Å². The summed E-state index contributed by atoms with van der Waals surface area (Å²) in [6.07, 6.45) is 2.54. The van der Waals surface area contributed by atoms with E-state index < -0.39 is 6.04 Å². The molecule has 1 atom stereocenters. The standard InChI is InChI=1S/C20H22N4O2/c1-16(20(25)21-13-12-17-8-4-2-5-9-17)24-14-18(22-23-24)15-26-19-10-6-3-7-11-19/h2-11,14,16H,12-13,15H2,1H3,(H,21,25)/t16-/m0/s1. The minimum absolute atomic E-state index is 0.0821. The molecule has 26 heavy (non-hydrogen) atoms. The van der Waals surface area contributed by atoms with Crippen LogP contribution in [-0.2, 0) is 17.8 Å². The first kappa shape index (κ1) is 17.7. The van der Waals surface area contributed by atoms with Crippen LogP contribution in [0.15, 0.2) is 66.9 Å². The summed E-state index contributed by atoms with van der Waals surface area (Å²) in [5, 5.41) is 11.0. The van der Waals surface area contributed by atoms with Crippen molar-refractivity contribution in [3.8, 4) is 5.75 Å². The van der Waals surface area contributed by atoms with E-state index in [1.807, 2.05) is 60.7 Å². The number of benzene rings is 2. The van der Waals surface area contributed by atoms with E-state index in [1.54, 1.807) is 17.8 Å². The van der Waals surface area contributed by atoms with Crippen LogP contribution in [0.3, 0.4) is 0 Å². The second-order valence-electron chi connectivity index (χ2n) is 5.99. The number of hydrogen-bond donors (Lipinski definition) is 1. The highest BCUT2D eigenvalue weighted by Gasteiger charge is 2.16. The number of carbonyl (C=O) groups excluding carboxylic acids is 1. The molecule has 1 N–H and O–H groups in total. The number of rotatable bonds is 8. The molecular weight excluding hydrogens is 328 g/mol. The predicted octanol–water partition coefficient (Wildman–Crippen LogP) is 2.78. The third kappa shape index (κ3) is 4.92. The smallest absolute Gasteiger partial charge is 0.244 e. The number of para-hydroxylation sites is 1. The molecule has 6 nitrogen and oxygen atoms in total. The van der Waals surface area contributed by atoms with Crippen molar-refractivity contribution in [1.29, 1.82) is 0 Å². The molecule has 6 heteroatoms. The van der Waals surface area contributed by atoms with Gasteiger partial charge in [-0.1, -0.05) is 53.7 Å². The molecule has 0 bridgehead atoms. The average molecular weight is 350 g/mol. The first-order valence-corrected chi connectivity index (χ1v) is 8.62. The molecule has 134 valence electrons. The molecule has 1 amide bonds. The lowest BCUT2D eigenvalue weighted by atomic mass is 10.1. The van der Waals surface area contributed by atoms with Gasteiger partial charge in [0.05, 0.1) is 6.20 Å². The summed E-state index contributed by atoms with van der Waals surface area (Å²) >= 11 is 0. The Balaban J connectivity index is 1.47. The van der Waals surface area contributed by atoms with Crippen LogP contribution in [-0.4, -0.2) is 27.4 Å². The van der Waals surface area contributed by atoms with Crippen LogP contribution in [0, 0.1) is 0 Å². The van der Waals surface area contributed by atoms with Gasteiger partial charge in [0.15, 0.2) is 0 Å². The number of nitrogens with zero attached hydrogens (tertiary/aromatic N) is 3. The third-order valence-electron chi connectivity index (χ3n) is 4.02. The van der Waals surface area contributed by atoms with E-state index in [2.05, 4.69) is 15.6 Å². The third-order valence-corrected chi connectivity index (χ3v) is 4.02. The van der Waals surface area contributed by atoms with Crippen LogP contribution >= 0.6 is 0 Å². The number of aromatic nitrogens is 3. The Labute approximate surface area is 152 Å². The fraction of sp³-hybridized carbons (Fsp3) is 0.250. The Kier molecular flexibility index (Phi) is 5.98. The summed E-state index contributed by atoms with van der Waals surface area (Å²) in [7, 11) is 0. The summed E-state index contributed by atoms with van der Waals surface area (Å²) in [5.41, 5.74) is 1.87. The second-order valence-corrected chi connectivity index (χ2v) is 5.99. The van der Waals surface area contributed by atoms with E-state index in [0.29, 0.717) is 18.8 Å². The highest BCUT2D eigenvalue weighted by Crippen LogP contribution is 2.11. The van der Waals surface area contributed by atoms with E-state index in [-0.39, 0.29) is 5.91 Å². The van der Waals surface area contributed by atoms with Crippen LogP contribution in [0.1, 0.15) is 24.2 Å². The fourth-order valence-electron chi connectivity index (χ4n) is 2.49. The number of hydrogen-bond acceptors (Lipinski definition) is 4. The van der Waals surface area contributed by atoms with Gasteiger partial charge in [-0.2, -0.15) is 0 Å². The Morgan fingerprint density at radius 3 is 2.54 bits per heavy atom. The van der Waals surface area contributed by atoms with Gasteiger partial charge in [-0.15, -0.1) is 5.10 Å². The molecule has 1 aromatic heterocycles. The number of ether oxygens (including phenoxy) is 1. The van der Waals surface area contributed by atoms with Crippen molar-refractivity contribution in [2.24, 2.45) is 0 Å². The summed E-state index contributed by atoms with van der Waals surface area (Å²) in [6, 6.07) is 19.2. The van der Waals surface area contributed by atoms with Crippen molar-refractivity contribution in [2.75, 3.05) is 6.54 Å². The van der Waals surface area contributed by atoms with Crippen molar-refractivity contribution >= 4 is 5.91 Å². The lowest BCUT2D eigenvalue weighted by Gasteiger charge is -2.12. The molecule has 3 rings (SSSR count). The Morgan fingerprint density at radius 2 is 1.81 bits per heavy atom. The Hall–Kier alpha value is -3.15. The van der Waals surface area contributed by atoms with Gasteiger partial charge in [-0.25, -0.2) is 4.68 Å². The highest BCUT2D eigenvalue weighted by molar-refractivity contribution is 5.79. The zero-order valence-corrected chi connectivity index (χ0v) is 14.7. The van der Waals surface area contributed by atoms with Crippen LogP contribution in [0.2, 0.25) is 0 Å². The maximum atomic E-state index is 12.3. The lowest BCUT2D eigenvalue weighted by Crippen LogP contribution is -2.32. The maximum absolute atomic E-state index is 12.3. The molecule has 0 spiro atoms. The molecule has 0 fully saturated rings. The van der Waals surface area contributed by atoms with Crippen LogP contribution in [0.5, 0.6) is 5.75 Å². The maximum Gasteiger partial charge on any atom is 0.244 e. The zero-order chi connectivity index (χ0) is 18.2. The molecule has 0 saturated carbocycles. The molecule has 3 aromatic rings. The van der Waals surface area contributed by atoms with E-state index in [0.717, 1.165) is 12.2 Å². The Bertz CT molecular complexity index is 818. The summed E-state index contributed by atoms with van der Waals surface area (Å²) in [5.74, 6) is 0.690. The van der Waals surface area contributed by atoms with Crippen LogP contribution < -0.4 is 10.1 Å². The first-order valence-electron chi connectivity index (χ1n) is 8.62. The monoisotopic (exact) mass is 350 g/mol. The van der Waals surface area contributed by atoms with Crippen molar-refractivity contribution in [3.63, 3.8) is 0 Å². The average Bonchev–Trinajstić information content (AvgIpc) is 3.16. The van der Waals surface area contributed by atoms with Gasteiger partial charge in [0.2, 0.25) is 5.91 Å². The van der Waals surface area contributed by atoms with E-state index in [9.17, 15) is 4.79 Å². The molecule has 0 aliphatic heterocycles. The topological polar surface area (TPSA) is 69.0 Å². The zero-order valence-electron chi connectivity index (χ0n) is 14.7. The van der Waals surface area contributed by atoms with Gasteiger partial charge >= 0.3 is 0 Å².